The zero-order chi connectivity index (χ0) is 13.0. The molecule has 0 spiro atoms. The Hall–Kier alpha value is -1.56. The van der Waals surface area contributed by atoms with Gasteiger partial charge in [-0.25, -0.2) is 4.79 Å². The van der Waals surface area contributed by atoms with E-state index in [0.717, 1.165) is 0 Å². The lowest BCUT2D eigenvalue weighted by Crippen LogP contribution is -2.16. The summed E-state index contributed by atoms with van der Waals surface area (Å²) in [4.78, 5) is 22.3. The molecule has 0 aromatic carbocycles. The fourth-order valence-corrected chi connectivity index (χ4v) is 1.49. The van der Waals surface area contributed by atoms with E-state index in [-0.39, 0.29) is 5.57 Å². The van der Waals surface area contributed by atoms with Crippen molar-refractivity contribution in [2.75, 3.05) is 7.11 Å². The highest BCUT2D eigenvalue weighted by Crippen LogP contribution is 2.29. The van der Waals surface area contributed by atoms with Crippen LogP contribution in [0.2, 0.25) is 0 Å². The molecule has 5 nitrogen and oxygen atoms in total. The van der Waals surface area contributed by atoms with Crippen LogP contribution in [-0.2, 0) is 19.1 Å². The summed E-state index contributed by atoms with van der Waals surface area (Å²) in [7, 11) is 1.22. The van der Waals surface area contributed by atoms with Crippen LogP contribution in [-0.4, -0.2) is 19.0 Å². The molecule has 1 atom stereocenters. The van der Waals surface area contributed by atoms with Crippen molar-refractivity contribution in [1.29, 1.82) is 0 Å². The minimum Gasteiger partial charge on any atom is -0.466 e. The Kier molecular flexibility index (Phi) is 4.51. The maximum Gasteiger partial charge on any atom is 0.337 e. The fraction of sp³-hybridized carbons (Fsp3) is 0.273. The lowest BCUT2D eigenvalue weighted by molar-refractivity contribution is -0.148. The molecule has 0 aliphatic rings. The lowest BCUT2D eigenvalue weighted by atomic mass is 10.1. The van der Waals surface area contributed by atoms with Gasteiger partial charge in [0.1, 0.15) is 0 Å². The Balaban J connectivity index is 2.99. The molecule has 1 unspecified atom stereocenters. The summed E-state index contributed by atoms with van der Waals surface area (Å²) < 4.78 is 15.2. The number of halogens is 1. The molecule has 1 heterocycles. The number of carbonyl (C=O) groups excluding carboxylic acids is 2. The average molecular weight is 303 g/mol. The Morgan fingerprint density at radius 3 is 2.53 bits per heavy atom. The van der Waals surface area contributed by atoms with E-state index in [2.05, 4.69) is 27.2 Å². The first kappa shape index (κ1) is 13.5. The van der Waals surface area contributed by atoms with E-state index in [1.807, 2.05) is 0 Å². The monoisotopic (exact) mass is 302 g/mol. The second-order valence-corrected chi connectivity index (χ2v) is 3.93. The van der Waals surface area contributed by atoms with Gasteiger partial charge in [0.2, 0.25) is 0 Å². The molecule has 6 heteroatoms. The van der Waals surface area contributed by atoms with Crippen LogP contribution in [0.5, 0.6) is 0 Å². The summed E-state index contributed by atoms with van der Waals surface area (Å²) in [5.74, 6) is -0.918. The van der Waals surface area contributed by atoms with Gasteiger partial charge in [-0.1, -0.05) is 6.58 Å². The molecule has 0 saturated heterocycles. The highest BCUT2D eigenvalue weighted by atomic mass is 79.9. The Labute approximate surface area is 107 Å². The van der Waals surface area contributed by atoms with E-state index in [1.165, 1.54) is 14.0 Å². The topological polar surface area (TPSA) is 65.7 Å². The number of ether oxygens (including phenoxy) is 2. The Morgan fingerprint density at radius 2 is 2.12 bits per heavy atom. The number of carbonyl (C=O) groups is 2. The minimum atomic E-state index is -0.980. The van der Waals surface area contributed by atoms with Crippen molar-refractivity contribution in [3.8, 4) is 0 Å². The molecule has 0 radical (unpaired) electrons. The summed E-state index contributed by atoms with van der Waals surface area (Å²) in [5.41, 5.74) is -0.00968. The van der Waals surface area contributed by atoms with E-state index >= 15 is 0 Å². The molecule has 1 aromatic heterocycles. The van der Waals surface area contributed by atoms with Gasteiger partial charge in [0.15, 0.2) is 16.5 Å². The van der Waals surface area contributed by atoms with Crippen molar-refractivity contribution >= 4 is 27.9 Å². The van der Waals surface area contributed by atoms with Crippen LogP contribution >= 0.6 is 15.9 Å². The molecule has 0 N–H and O–H groups in total. The predicted molar refractivity (Wildman–Crippen MR) is 62.1 cm³/mol. The molecule has 0 aliphatic heterocycles. The highest BCUT2D eigenvalue weighted by Gasteiger charge is 2.27. The second kappa shape index (κ2) is 5.67. The van der Waals surface area contributed by atoms with Crippen molar-refractivity contribution in [2.24, 2.45) is 0 Å². The van der Waals surface area contributed by atoms with Crippen molar-refractivity contribution in [2.45, 2.75) is 13.0 Å². The number of hydrogen-bond donors (Lipinski definition) is 0. The van der Waals surface area contributed by atoms with Gasteiger partial charge in [0, 0.05) is 6.92 Å². The van der Waals surface area contributed by atoms with Gasteiger partial charge in [-0.2, -0.15) is 0 Å². The van der Waals surface area contributed by atoms with E-state index in [4.69, 9.17) is 9.15 Å². The number of rotatable bonds is 4. The fourth-order valence-electron chi connectivity index (χ4n) is 1.17. The summed E-state index contributed by atoms with van der Waals surface area (Å²) in [5, 5.41) is 0. The smallest absolute Gasteiger partial charge is 0.337 e. The lowest BCUT2D eigenvalue weighted by Gasteiger charge is -2.15. The SMILES string of the molecule is C=C(C(=O)OC)C(OC(C)=O)c1ccc(Br)o1. The molecule has 0 amide bonds. The molecule has 0 saturated carbocycles. The first-order valence-electron chi connectivity index (χ1n) is 4.65. The molecule has 0 fully saturated rings. The zero-order valence-corrected chi connectivity index (χ0v) is 10.9. The quantitative estimate of drug-likeness (QED) is 0.631. The third kappa shape index (κ3) is 3.45. The molecule has 0 bridgehead atoms. The summed E-state index contributed by atoms with van der Waals surface area (Å²) in [6.45, 7) is 4.77. The van der Waals surface area contributed by atoms with Crippen LogP contribution in [0.25, 0.3) is 0 Å². The predicted octanol–water partition coefficient (Wildman–Crippen LogP) is 2.38. The van der Waals surface area contributed by atoms with Gasteiger partial charge in [0.25, 0.3) is 0 Å². The van der Waals surface area contributed by atoms with Gasteiger partial charge < -0.3 is 13.9 Å². The number of hydrogen-bond acceptors (Lipinski definition) is 5. The molecule has 0 aliphatic carbocycles. The third-order valence-electron chi connectivity index (χ3n) is 1.90. The number of esters is 2. The van der Waals surface area contributed by atoms with Crippen LogP contribution in [0.4, 0.5) is 0 Å². The first-order valence-corrected chi connectivity index (χ1v) is 5.44. The number of methoxy groups -OCH3 is 1. The first-order chi connectivity index (χ1) is 7.95. The molecular formula is C11H11BrO5. The van der Waals surface area contributed by atoms with Crippen molar-refractivity contribution in [3.63, 3.8) is 0 Å². The Bertz CT molecular complexity index is 448. The van der Waals surface area contributed by atoms with E-state index in [0.29, 0.717) is 10.4 Å². The van der Waals surface area contributed by atoms with Crippen LogP contribution in [0, 0.1) is 0 Å². The molecule has 1 rings (SSSR count). The highest BCUT2D eigenvalue weighted by molar-refractivity contribution is 9.10. The summed E-state index contributed by atoms with van der Waals surface area (Å²) in [6, 6.07) is 3.20. The maximum absolute atomic E-state index is 11.3. The zero-order valence-electron chi connectivity index (χ0n) is 9.36. The van der Waals surface area contributed by atoms with Crippen LogP contribution < -0.4 is 0 Å². The normalized spacial score (nSPS) is 11.7. The summed E-state index contributed by atoms with van der Waals surface area (Å²) >= 11 is 3.12. The van der Waals surface area contributed by atoms with E-state index in [9.17, 15) is 9.59 Å². The summed E-state index contributed by atoms with van der Waals surface area (Å²) in [6.07, 6.45) is -0.980. The van der Waals surface area contributed by atoms with Crippen molar-refractivity contribution in [1.82, 2.24) is 0 Å². The van der Waals surface area contributed by atoms with Crippen molar-refractivity contribution in [3.05, 3.63) is 34.7 Å². The van der Waals surface area contributed by atoms with Gasteiger partial charge >= 0.3 is 11.9 Å². The average Bonchev–Trinajstić information content (AvgIpc) is 2.70. The standard InChI is InChI=1S/C11H11BrO5/c1-6(11(14)15-3)10(16-7(2)13)8-4-5-9(12)17-8/h4-5,10H,1H2,2-3H3. The third-order valence-corrected chi connectivity index (χ3v) is 2.33. The maximum atomic E-state index is 11.3. The number of furan rings is 1. The van der Waals surface area contributed by atoms with Crippen LogP contribution in [0.1, 0.15) is 18.8 Å². The molecule has 92 valence electrons. The molecule has 17 heavy (non-hydrogen) atoms. The van der Waals surface area contributed by atoms with E-state index < -0.39 is 18.0 Å². The van der Waals surface area contributed by atoms with Crippen molar-refractivity contribution < 1.29 is 23.5 Å². The Morgan fingerprint density at radius 1 is 1.47 bits per heavy atom. The van der Waals surface area contributed by atoms with Gasteiger partial charge in [-0.05, 0) is 28.1 Å². The molecule has 1 aromatic rings. The minimum absolute atomic E-state index is 0.00968. The van der Waals surface area contributed by atoms with Crippen LogP contribution in [0.15, 0.2) is 33.4 Å². The van der Waals surface area contributed by atoms with Crippen LogP contribution in [0.3, 0.4) is 0 Å². The largest absolute Gasteiger partial charge is 0.466 e. The molecular weight excluding hydrogens is 292 g/mol. The van der Waals surface area contributed by atoms with E-state index in [1.54, 1.807) is 12.1 Å². The van der Waals surface area contributed by atoms with Gasteiger partial charge in [-0.3, -0.25) is 4.79 Å². The second-order valence-electron chi connectivity index (χ2n) is 3.15. The van der Waals surface area contributed by atoms with Gasteiger partial charge in [-0.15, -0.1) is 0 Å². The van der Waals surface area contributed by atoms with Gasteiger partial charge in [0.05, 0.1) is 12.7 Å².